The number of carbonyl (C=O) groups excluding carboxylic acids is 4. The van der Waals surface area contributed by atoms with Crippen molar-refractivity contribution in [3.63, 3.8) is 0 Å². The third kappa shape index (κ3) is 8.43. The molecule has 0 spiro atoms. The first-order valence-corrected chi connectivity index (χ1v) is 18.5. The molecule has 0 aliphatic carbocycles. The van der Waals surface area contributed by atoms with Crippen LogP contribution in [-0.2, 0) is 19.1 Å². The van der Waals surface area contributed by atoms with Crippen molar-refractivity contribution in [1.82, 2.24) is 10.6 Å². The number of rotatable bonds is 13. The summed E-state index contributed by atoms with van der Waals surface area (Å²) in [4.78, 5) is 51.0. The molecule has 8 nitrogen and oxygen atoms in total. The summed E-state index contributed by atoms with van der Waals surface area (Å²) in [6.07, 6.45) is 1.42. The molecule has 0 unspecified atom stereocenters. The number of esters is 2. The second-order valence-electron chi connectivity index (χ2n) is 8.88. The predicted octanol–water partition coefficient (Wildman–Crippen LogP) is 1.60. The topological polar surface area (TPSA) is 111 Å². The Morgan fingerprint density at radius 2 is 1.03 bits per heavy atom. The molecule has 0 aliphatic rings. The standard InChI is InChI=1S/C28H36N2O6Se2/c1-7-17(3)23(27(33)35-5)29-25(31)19-13-9-11-15-21(19)37-38-22-16-12-10-14-20(22)26(32)30-24(18(4)8-2)28(34)36-6/h9-18,23-24H,7-8H2,1-6H3,(H,29,31)(H,30,32)/t17-,18-,23-,24-/m0/s1. The maximum atomic E-state index is 13.2. The molecular formula is C28H36N2O6Se2. The van der Waals surface area contributed by atoms with E-state index in [0.717, 1.165) is 8.92 Å². The van der Waals surface area contributed by atoms with Gasteiger partial charge >= 0.3 is 237 Å². The number of hydrogen-bond donors (Lipinski definition) is 2. The van der Waals surface area contributed by atoms with Gasteiger partial charge in [0.1, 0.15) is 0 Å². The molecule has 0 bridgehead atoms. The summed E-state index contributed by atoms with van der Waals surface area (Å²) >= 11 is -0.264. The van der Waals surface area contributed by atoms with Gasteiger partial charge in [0.25, 0.3) is 0 Å². The van der Waals surface area contributed by atoms with E-state index in [0.29, 0.717) is 24.0 Å². The van der Waals surface area contributed by atoms with Gasteiger partial charge in [0.05, 0.1) is 0 Å². The van der Waals surface area contributed by atoms with Crippen LogP contribution in [0, 0.1) is 11.8 Å². The summed E-state index contributed by atoms with van der Waals surface area (Å²) in [6, 6.07) is 13.2. The Bertz CT molecular complexity index is 1040. The van der Waals surface area contributed by atoms with Gasteiger partial charge in [0.15, 0.2) is 0 Å². The Morgan fingerprint density at radius 1 is 0.684 bits per heavy atom. The fraction of sp³-hybridized carbons (Fsp3) is 0.429. The van der Waals surface area contributed by atoms with E-state index in [2.05, 4.69) is 10.6 Å². The quantitative estimate of drug-likeness (QED) is 0.251. The van der Waals surface area contributed by atoms with Crippen molar-refractivity contribution in [3.05, 3.63) is 59.7 Å². The van der Waals surface area contributed by atoms with Crippen molar-refractivity contribution in [2.75, 3.05) is 14.2 Å². The molecule has 0 saturated carbocycles. The van der Waals surface area contributed by atoms with Crippen LogP contribution < -0.4 is 19.6 Å². The summed E-state index contributed by atoms with van der Waals surface area (Å²) in [5.41, 5.74) is 1.02. The molecule has 2 rings (SSSR count). The normalized spacial score (nSPS) is 13.9. The first-order chi connectivity index (χ1) is 18.2. The van der Waals surface area contributed by atoms with Crippen molar-refractivity contribution in [2.45, 2.75) is 52.6 Å². The van der Waals surface area contributed by atoms with Crippen LogP contribution in [0.25, 0.3) is 0 Å². The number of carbonyl (C=O) groups is 4. The van der Waals surface area contributed by atoms with Gasteiger partial charge in [-0.1, -0.05) is 0 Å². The Hall–Kier alpha value is -2.64. The SMILES string of the molecule is CC[C@H](C)[C@H](NC(=O)c1ccccc1[Se][Se]c1ccccc1C(=O)N[C@H](C(=O)OC)[C@@H](C)CC)C(=O)OC. The third-order valence-electron chi connectivity index (χ3n) is 6.39. The summed E-state index contributed by atoms with van der Waals surface area (Å²) in [6.45, 7) is 7.70. The van der Waals surface area contributed by atoms with Crippen molar-refractivity contribution in [3.8, 4) is 0 Å². The molecule has 0 fully saturated rings. The summed E-state index contributed by atoms with van der Waals surface area (Å²) in [5.74, 6) is -1.75. The summed E-state index contributed by atoms with van der Waals surface area (Å²) in [7, 11) is 2.63. The van der Waals surface area contributed by atoms with Gasteiger partial charge in [-0.25, -0.2) is 0 Å². The minimum absolute atomic E-state index is 0.0806. The third-order valence-corrected chi connectivity index (χ3v) is 13.6. The van der Waals surface area contributed by atoms with E-state index >= 15 is 0 Å². The summed E-state index contributed by atoms with van der Waals surface area (Å²) < 4.78 is 11.6. The van der Waals surface area contributed by atoms with Crippen LogP contribution in [-0.4, -0.2) is 76.3 Å². The predicted molar refractivity (Wildman–Crippen MR) is 149 cm³/mol. The van der Waals surface area contributed by atoms with E-state index in [1.807, 2.05) is 52.0 Å². The van der Waals surface area contributed by atoms with Gasteiger partial charge in [-0.3, -0.25) is 0 Å². The van der Waals surface area contributed by atoms with Crippen LogP contribution in [0.4, 0.5) is 0 Å². The second kappa shape index (κ2) is 15.7. The van der Waals surface area contributed by atoms with Crippen molar-refractivity contribution >= 4 is 58.9 Å². The van der Waals surface area contributed by atoms with Crippen LogP contribution in [0.1, 0.15) is 61.3 Å². The van der Waals surface area contributed by atoms with Crippen LogP contribution in [0.15, 0.2) is 48.5 Å². The number of amides is 2. The van der Waals surface area contributed by atoms with Crippen LogP contribution >= 0.6 is 0 Å². The van der Waals surface area contributed by atoms with Crippen LogP contribution in [0.2, 0.25) is 0 Å². The molecular weight excluding hydrogens is 618 g/mol. The maximum absolute atomic E-state index is 13.2. The zero-order chi connectivity index (χ0) is 28.2. The minimum atomic E-state index is -0.735. The number of methoxy groups -OCH3 is 2. The number of ether oxygens (including phenoxy) is 2. The van der Waals surface area contributed by atoms with Crippen LogP contribution in [0.5, 0.6) is 0 Å². The molecule has 0 aliphatic heterocycles. The number of benzene rings is 2. The molecule has 4 atom stereocenters. The molecule has 2 amide bonds. The van der Waals surface area contributed by atoms with E-state index in [4.69, 9.17) is 9.47 Å². The van der Waals surface area contributed by atoms with Gasteiger partial charge in [0, 0.05) is 0 Å². The average Bonchev–Trinajstić information content (AvgIpc) is 2.95. The number of nitrogens with one attached hydrogen (secondary N) is 2. The Morgan fingerprint density at radius 3 is 1.34 bits per heavy atom. The molecule has 206 valence electrons. The number of hydrogen-bond acceptors (Lipinski definition) is 6. The molecule has 0 aromatic heterocycles. The molecule has 2 N–H and O–H groups in total. The fourth-order valence-electron chi connectivity index (χ4n) is 3.57. The van der Waals surface area contributed by atoms with E-state index < -0.39 is 24.0 Å². The molecule has 2 aromatic rings. The van der Waals surface area contributed by atoms with E-state index in [-0.39, 0.29) is 49.9 Å². The molecule has 10 heteroatoms. The summed E-state index contributed by atoms with van der Waals surface area (Å²) in [5, 5.41) is 5.70. The zero-order valence-electron chi connectivity index (χ0n) is 22.6. The van der Waals surface area contributed by atoms with Gasteiger partial charge in [-0.05, 0) is 0 Å². The first kappa shape index (κ1) is 31.6. The van der Waals surface area contributed by atoms with E-state index in [1.54, 1.807) is 24.3 Å². The first-order valence-electron chi connectivity index (χ1n) is 12.5. The second-order valence-corrected chi connectivity index (χ2v) is 15.1. The molecule has 0 radical (unpaired) electrons. The van der Waals surface area contributed by atoms with Crippen molar-refractivity contribution < 1.29 is 28.7 Å². The molecule has 2 aromatic carbocycles. The zero-order valence-corrected chi connectivity index (χ0v) is 26.0. The van der Waals surface area contributed by atoms with Crippen molar-refractivity contribution in [2.24, 2.45) is 11.8 Å². The fourth-order valence-corrected chi connectivity index (χ4v) is 10.7. The van der Waals surface area contributed by atoms with E-state index in [1.165, 1.54) is 14.2 Å². The van der Waals surface area contributed by atoms with Gasteiger partial charge in [-0.2, -0.15) is 0 Å². The Labute approximate surface area is 235 Å². The van der Waals surface area contributed by atoms with Gasteiger partial charge in [0.2, 0.25) is 0 Å². The Kier molecular flexibility index (Phi) is 13.0. The average molecular weight is 655 g/mol. The van der Waals surface area contributed by atoms with Crippen LogP contribution in [0.3, 0.4) is 0 Å². The van der Waals surface area contributed by atoms with E-state index in [9.17, 15) is 19.2 Å². The monoisotopic (exact) mass is 656 g/mol. The molecule has 0 saturated heterocycles. The van der Waals surface area contributed by atoms with Gasteiger partial charge < -0.3 is 0 Å². The van der Waals surface area contributed by atoms with Gasteiger partial charge in [-0.15, -0.1) is 0 Å². The molecule has 38 heavy (non-hydrogen) atoms. The van der Waals surface area contributed by atoms with Crippen molar-refractivity contribution in [1.29, 1.82) is 0 Å². The molecule has 0 heterocycles. The Balaban J connectivity index is 2.24.